The molecule has 0 radical (unpaired) electrons. The van der Waals surface area contributed by atoms with E-state index in [1.807, 2.05) is 26.0 Å². The Morgan fingerprint density at radius 1 is 1.42 bits per heavy atom. The zero-order valence-corrected chi connectivity index (χ0v) is 12.5. The maximum Gasteiger partial charge on any atom is 0.174 e. The van der Waals surface area contributed by atoms with Crippen LogP contribution in [0, 0.1) is 13.8 Å². The summed E-state index contributed by atoms with van der Waals surface area (Å²) >= 11 is 2.96. The fourth-order valence-electron chi connectivity index (χ4n) is 1.59. The summed E-state index contributed by atoms with van der Waals surface area (Å²) in [5.41, 5.74) is 3.97. The standard InChI is InChI=1S/C13H16N2O2S2/c1-9-3-4-12(10(2)5-9)17-6-11(16)7-18-13-15-14-8-19-13/h3-5,8,11,16H,6-7H2,1-2H3. The zero-order chi connectivity index (χ0) is 13.7. The van der Waals surface area contributed by atoms with Crippen LogP contribution in [0.5, 0.6) is 5.75 Å². The molecule has 1 unspecified atom stereocenters. The monoisotopic (exact) mass is 296 g/mol. The lowest BCUT2D eigenvalue weighted by Gasteiger charge is -2.13. The maximum absolute atomic E-state index is 9.87. The lowest BCUT2D eigenvalue weighted by Crippen LogP contribution is -2.20. The quantitative estimate of drug-likeness (QED) is 0.831. The molecule has 4 nitrogen and oxygen atoms in total. The average molecular weight is 296 g/mol. The van der Waals surface area contributed by atoms with Crippen LogP contribution in [-0.2, 0) is 0 Å². The minimum Gasteiger partial charge on any atom is -0.491 e. The molecule has 1 aromatic heterocycles. The Kier molecular flexibility index (Phi) is 5.18. The molecule has 2 rings (SSSR count). The normalized spacial score (nSPS) is 12.4. The summed E-state index contributed by atoms with van der Waals surface area (Å²) in [5, 5.41) is 17.5. The third-order valence-electron chi connectivity index (χ3n) is 2.50. The molecule has 0 amide bonds. The second kappa shape index (κ2) is 6.88. The van der Waals surface area contributed by atoms with Gasteiger partial charge in [-0.25, -0.2) is 0 Å². The Morgan fingerprint density at radius 3 is 2.95 bits per heavy atom. The van der Waals surface area contributed by atoms with Crippen LogP contribution in [0.2, 0.25) is 0 Å². The van der Waals surface area contributed by atoms with Gasteiger partial charge in [-0.3, -0.25) is 0 Å². The first kappa shape index (κ1) is 14.3. The summed E-state index contributed by atoms with van der Waals surface area (Å²) in [4.78, 5) is 0. The highest BCUT2D eigenvalue weighted by atomic mass is 32.2. The first-order valence-electron chi connectivity index (χ1n) is 5.92. The van der Waals surface area contributed by atoms with Gasteiger partial charge in [-0.15, -0.1) is 10.2 Å². The van der Waals surface area contributed by atoms with Crippen molar-refractivity contribution in [3.8, 4) is 5.75 Å². The predicted molar refractivity (Wildman–Crippen MR) is 78.1 cm³/mol. The zero-order valence-electron chi connectivity index (χ0n) is 10.9. The molecule has 1 N–H and O–H groups in total. The first-order chi connectivity index (χ1) is 9.15. The molecule has 1 aromatic carbocycles. The molecular weight excluding hydrogens is 280 g/mol. The molecule has 0 saturated heterocycles. The molecule has 102 valence electrons. The number of thioether (sulfide) groups is 1. The van der Waals surface area contributed by atoms with Crippen molar-refractivity contribution in [2.75, 3.05) is 12.4 Å². The van der Waals surface area contributed by atoms with E-state index in [0.29, 0.717) is 5.75 Å². The van der Waals surface area contributed by atoms with Crippen LogP contribution in [0.25, 0.3) is 0 Å². The number of rotatable bonds is 6. The maximum atomic E-state index is 9.87. The summed E-state index contributed by atoms with van der Waals surface area (Å²) in [7, 11) is 0. The average Bonchev–Trinajstić information content (AvgIpc) is 2.88. The summed E-state index contributed by atoms with van der Waals surface area (Å²) in [5.74, 6) is 1.38. The number of nitrogens with zero attached hydrogens (tertiary/aromatic N) is 2. The van der Waals surface area contributed by atoms with E-state index in [0.717, 1.165) is 15.7 Å². The smallest absolute Gasteiger partial charge is 0.174 e. The lowest BCUT2D eigenvalue weighted by atomic mass is 10.1. The van der Waals surface area contributed by atoms with Crippen molar-refractivity contribution in [3.63, 3.8) is 0 Å². The van der Waals surface area contributed by atoms with Gasteiger partial charge in [-0.2, -0.15) is 0 Å². The molecule has 0 aliphatic heterocycles. The highest BCUT2D eigenvalue weighted by molar-refractivity contribution is 8.01. The number of aryl methyl sites for hydroxylation is 2. The van der Waals surface area contributed by atoms with Gasteiger partial charge in [0, 0.05) is 5.75 Å². The van der Waals surface area contributed by atoms with Gasteiger partial charge in [0.1, 0.15) is 17.9 Å². The molecule has 0 aliphatic rings. The molecule has 1 heterocycles. The molecule has 0 spiro atoms. The van der Waals surface area contributed by atoms with E-state index >= 15 is 0 Å². The Bertz CT molecular complexity index is 517. The Balaban J connectivity index is 1.78. The van der Waals surface area contributed by atoms with Crippen LogP contribution >= 0.6 is 23.1 Å². The van der Waals surface area contributed by atoms with Crippen LogP contribution in [0.4, 0.5) is 0 Å². The van der Waals surface area contributed by atoms with Crippen LogP contribution in [0.1, 0.15) is 11.1 Å². The number of hydrogen-bond donors (Lipinski definition) is 1. The van der Waals surface area contributed by atoms with Crippen molar-refractivity contribution >= 4 is 23.1 Å². The lowest BCUT2D eigenvalue weighted by molar-refractivity contribution is 0.126. The Labute approximate surface area is 120 Å². The first-order valence-corrected chi connectivity index (χ1v) is 7.79. The largest absolute Gasteiger partial charge is 0.491 e. The summed E-state index contributed by atoms with van der Waals surface area (Å²) in [6.45, 7) is 4.34. The van der Waals surface area contributed by atoms with Gasteiger partial charge in [0.2, 0.25) is 0 Å². The molecule has 0 bridgehead atoms. The summed E-state index contributed by atoms with van der Waals surface area (Å²) < 4.78 is 6.49. The van der Waals surface area contributed by atoms with Gasteiger partial charge in [0.05, 0.1) is 6.10 Å². The van der Waals surface area contributed by atoms with Crippen molar-refractivity contribution in [2.24, 2.45) is 0 Å². The Hall–Kier alpha value is -1.11. The van der Waals surface area contributed by atoms with E-state index in [1.165, 1.54) is 28.7 Å². The van der Waals surface area contributed by atoms with E-state index in [-0.39, 0.29) is 6.61 Å². The van der Waals surface area contributed by atoms with Gasteiger partial charge in [0.15, 0.2) is 4.34 Å². The van der Waals surface area contributed by atoms with E-state index < -0.39 is 6.10 Å². The van der Waals surface area contributed by atoms with Gasteiger partial charge in [0.25, 0.3) is 0 Å². The number of aromatic nitrogens is 2. The number of hydrogen-bond acceptors (Lipinski definition) is 6. The van der Waals surface area contributed by atoms with Gasteiger partial charge >= 0.3 is 0 Å². The molecule has 0 saturated carbocycles. The van der Waals surface area contributed by atoms with Crippen LogP contribution in [0.15, 0.2) is 28.0 Å². The fraction of sp³-hybridized carbons (Fsp3) is 0.385. The molecule has 1 atom stereocenters. The van der Waals surface area contributed by atoms with Gasteiger partial charge in [-0.05, 0) is 25.5 Å². The minimum absolute atomic E-state index is 0.287. The van der Waals surface area contributed by atoms with Crippen molar-refractivity contribution in [1.82, 2.24) is 10.2 Å². The topological polar surface area (TPSA) is 55.2 Å². The van der Waals surface area contributed by atoms with Crippen molar-refractivity contribution in [1.29, 1.82) is 0 Å². The van der Waals surface area contributed by atoms with Gasteiger partial charge in [-0.1, -0.05) is 40.8 Å². The minimum atomic E-state index is -0.519. The fourth-order valence-corrected chi connectivity index (χ4v) is 3.01. The van der Waals surface area contributed by atoms with E-state index in [4.69, 9.17) is 4.74 Å². The van der Waals surface area contributed by atoms with Crippen molar-refractivity contribution < 1.29 is 9.84 Å². The third kappa shape index (κ3) is 4.49. The molecule has 6 heteroatoms. The number of aliphatic hydroxyl groups is 1. The third-order valence-corrected chi connectivity index (χ3v) is 4.51. The second-order valence-electron chi connectivity index (χ2n) is 4.25. The predicted octanol–water partition coefficient (Wildman–Crippen LogP) is 2.69. The molecule has 2 aromatic rings. The van der Waals surface area contributed by atoms with E-state index in [9.17, 15) is 5.11 Å². The molecular formula is C13H16N2O2S2. The van der Waals surface area contributed by atoms with E-state index in [1.54, 1.807) is 5.51 Å². The molecule has 19 heavy (non-hydrogen) atoms. The highest BCUT2D eigenvalue weighted by Gasteiger charge is 2.09. The van der Waals surface area contributed by atoms with Crippen molar-refractivity contribution in [3.05, 3.63) is 34.8 Å². The number of ether oxygens (including phenoxy) is 1. The Morgan fingerprint density at radius 2 is 2.26 bits per heavy atom. The van der Waals surface area contributed by atoms with Crippen LogP contribution in [-0.4, -0.2) is 33.8 Å². The van der Waals surface area contributed by atoms with Crippen LogP contribution < -0.4 is 4.74 Å². The SMILES string of the molecule is Cc1ccc(OCC(O)CSc2nncs2)c(C)c1. The molecule has 0 aliphatic carbocycles. The highest BCUT2D eigenvalue weighted by Crippen LogP contribution is 2.21. The number of aliphatic hydroxyl groups excluding tert-OH is 1. The molecule has 0 fully saturated rings. The van der Waals surface area contributed by atoms with E-state index in [2.05, 4.69) is 16.3 Å². The second-order valence-corrected chi connectivity index (χ2v) is 6.35. The summed E-state index contributed by atoms with van der Waals surface area (Å²) in [6.07, 6.45) is -0.519. The summed E-state index contributed by atoms with van der Waals surface area (Å²) in [6, 6.07) is 6.01. The number of benzene rings is 1. The van der Waals surface area contributed by atoms with Crippen LogP contribution in [0.3, 0.4) is 0 Å². The van der Waals surface area contributed by atoms with Gasteiger partial charge < -0.3 is 9.84 Å². The van der Waals surface area contributed by atoms with Crippen molar-refractivity contribution in [2.45, 2.75) is 24.3 Å².